The molecule has 0 aliphatic carbocycles. The molecule has 1 aromatic heterocycles. The van der Waals surface area contributed by atoms with Gasteiger partial charge in [-0.05, 0) is 11.4 Å². The van der Waals surface area contributed by atoms with Crippen LogP contribution in [0.15, 0.2) is 60.7 Å². The predicted molar refractivity (Wildman–Crippen MR) is 88.1 cm³/mol. The monoisotopic (exact) mass is 494 g/mol. The van der Waals surface area contributed by atoms with Gasteiger partial charge in [-0.2, -0.15) is 36.4 Å². The Kier molecular flexibility index (Phi) is 8.23. The largest absolute Gasteiger partial charge is 2.00 e. The van der Waals surface area contributed by atoms with E-state index in [2.05, 4.69) is 15.8 Å². The summed E-state index contributed by atoms with van der Waals surface area (Å²) in [6, 6.07) is 22.0. The summed E-state index contributed by atoms with van der Waals surface area (Å²) in [6.45, 7) is 0. The first-order valence-electron chi connectivity index (χ1n) is 6.49. The van der Waals surface area contributed by atoms with Gasteiger partial charge < -0.3 is 15.5 Å². The minimum Gasteiger partial charge on any atom is -0.481 e. The van der Waals surface area contributed by atoms with Crippen molar-refractivity contribution in [1.29, 1.82) is 0 Å². The molecular weight excluding hydrogens is 480 g/mol. The fourth-order valence-corrected chi connectivity index (χ4v) is 2.49. The molecule has 0 unspecified atom stereocenters. The number of nitrogens with one attached hydrogen (secondary N) is 1. The fourth-order valence-electron chi connectivity index (χ4n) is 1.60. The number of benzene rings is 2. The number of hydrogen-bond donors (Lipinski definition) is 0. The van der Waals surface area contributed by atoms with Crippen molar-refractivity contribution in [1.82, 2.24) is 4.98 Å². The summed E-state index contributed by atoms with van der Waals surface area (Å²) in [7, 11) is 1.30. The average molecular weight is 494 g/mol. The Bertz CT molecular complexity index is 691. The average Bonchev–Trinajstić information content (AvgIpc) is 2.99. The minimum absolute atomic E-state index is 0. The third kappa shape index (κ3) is 5.62. The van der Waals surface area contributed by atoms with Crippen LogP contribution in [0.25, 0.3) is 16.3 Å². The summed E-state index contributed by atoms with van der Waals surface area (Å²) in [5.41, 5.74) is 8.47. The van der Waals surface area contributed by atoms with Crippen LogP contribution in [0.1, 0.15) is 9.67 Å². The first kappa shape index (κ1) is 19.1. The van der Waals surface area contributed by atoms with Gasteiger partial charge in [-0.25, -0.2) is 4.79 Å². The van der Waals surface area contributed by atoms with E-state index >= 15 is 0 Å². The summed E-state index contributed by atoms with van der Waals surface area (Å²) in [5.74, 6) is -0.541. The number of nitrogens with zero attached hydrogens (tertiary/aromatic N) is 1. The van der Waals surface area contributed by atoms with Gasteiger partial charge in [-0.3, -0.25) is 0 Å². The van der Waals surface area contributed by atoms with Crippen molar-refractivity contribution in [2.24, 2.45) is 0 Å². The van der Waals surface area contributed by atoms with E-state index < -0.39 is 5.97 Å². The molecule has 0 spiro atoms. The van der Waals surface area contributed by atoms with Crippen molar-refractivity contribution in [3.8, 4) is 10.6 Å². The Morgan fingerprint density at radius 2 is 1.74 bits per heavy atom. The number of thiazole rings is 1. The van der Waals surface area contributed by atoms with Gasteiger partial charge in [0, 0.05) is 5.01 Å². The predicted octanol–water partition coefficient (Wildman–Crippen LogP) is 4.76. The van der Waals surface area contributed by atoms with Crippen LogP contribution in [0.2, 0.25) is 0 Å². The second-order valence-corrected chi connectivity index (χ2v) is 5.13. The molecular formula is C17H14N2O2SW. The zero-order chi connectivity index (χ0) is 15.8. The number of esters is 1. The fraction of sp³-hybridized carbons (Fsp3) is 0.0588. The maximum Gasteiger partial charge on any atom is 2.00 e. The van der Waals surface area contributed by atoms with Crippen molar-refractivity contribution >= 4 is 23.1 Å². The topological polar surface area (TPSA) is 63.0 Å². The molecule has 3 aromatic rings. The van der Waals surface area contributed by atoms with Crippen LogP contribution in [0.4, 0.5) is 5.82 Å². The summed E-state index contributed by atoms with van der Waals surface area (Å²) in [4.78, 5) is 15.6. The van der Waals surface area contributed by atoms with E-state index in [-0.39, 0.29) is 31.8 Å². The van der Waals surface area contributed by atoms with Crippen molar-refractivity contribution in [2.75, 3.05) is 7.11 Å². The maximum atomic E-state index is 11.3. The summed E-state index contributed by atoms with van der Waals surface area (Å²) in [5, 5.41) is 0.658. The first-order chi connectivity index (χ1) is 10.7. The van der Waals surface area contributed by atoms with Crippen LogP contribution in [-0.2, 0) is 25.8 Å². The second-order valence-electron chi connectivity index (χ2n) is 4.13. The first-order valence-corrected chi connectivity index (χ1v) is 7.31. The van der Waals surface area contributed by atoms with Crippen molar-refractivity contribution < 1.29 is 30.6 Å². The molecule has 116 valence electrons. The van der Waals surface area contributed by atoms with Gasteiger partial charge in [0.25, 0.3) is 0 Å². The maximum absolute atomic E-state index is 11.3. The number of ether oxygens (including phenoxy) is 1. The van der Waals surface area contributed by atoms with E-state index in [1.54, 1.807) is 0 Å². The molecule has 6 heteroatoms. The molecule has 0 atom stereocenters. The molecule has 0 radical (unpaired) electrons. The van der Waals surface area contributed by atoms with E-state index in [4.69, 9.17) is 5.73 Å². The quantitative estimate of drug-likeness (QED) is 0.381. The Hall–Kier alpha value is -1.97. The van der Waals surface area contributed by atoms with Crippen molar-refractivity contribution in [3.05, 3.63) is 77.3 Å². The van der Waals surface area contributed by atoms with E-state index in [1.807, 2.05) is 60.7 Å². The molecule has 4 nitrogen and oxygen atoms in total. The molecule has 1 N–H and O–H groups in total. The molecule has 0 bridgehead atoms. The molecule has 0 fully saturated rings. The van der Waals surface area contributed by atoms with Gasteiger partial charge in [-0.15, -0.1) is 11.3 Å². The van der Waals surface area contributed by atoms with Gasteiger partial charge in [0.1, 0.15) is 4.88 Å². The van der Waals surface area contributed by atoms with Crippen LogP contribution in [0, 0.1) is 6.07 Å². The summed E-state index contributed by atoms with van der Waals surface area (Å²) in [6.07, 6.45) is 0. The Labute approximate surface area is 153 Å². The molecule has 0 aliphatic heterocycles. The zero-order valence-electron chi connectivity index (χ0n) is 12.4. The summed E-state index contributed by atoms with van der Waals surface area (Å²) < 4.78 is 4.58. The van der Waals surface area contributed by atoms with Crippen LogP contribution in [0.5, 0.6) is 0 Å². The van der Waals surface area contributed by atoms with Crippen LogP contribution >= 0.6 is 11.3 Å². The Morgan fingerprint density at radius 3 is 2.22 bits per heavy atom. The number of carbonyl (C=O) groups is 1. The molecule has 1 heterocycles. The van der Waals surface area contributed by atoms with Gasteiger partial charge in [0.15, 0.2) is 0 Å². The number of aromatic nitrogens is 1. The summed E-state index contributed by atoms with van der Waals surface area (Å²) >= 11 is 1.17. The van der Waals surface area contributed by atoms with Crippen LogP contribution in [0.3, 0.4) is 0 Å². The molecule has 0 saturated carbocycles. The third-order valence-electron chi connectivity index (χ3n) is 2.63. The van der Waals surface area contributed by atoms with E-state index in [0.717, 1.165) is 5.56 Å². The van der Waals surface area contributed by atoms with E-state index in [9.17, 15) is 4.79 Å². The zero-order valence-corrected chi connectivity index (χ0v) is 16.1. The Morgan fingerprint density at radius 1 is 1.13 bits per heavy atom. The van der Waals surface area contributed by atoms with Gasteiger partial charge in [-0.1, -0.05) is 30.3 Å². The SMILES string of the molecule is COC(=O)c1sc(-c2ccccc2)nc1[NH-].[W+2].[c-]1ccccc1. The molecule has 0 saturated heterocycles. The normalized spacial score (nSPS) is 9.09. The van der Waals surface area contributed by atoms with Gasteiger partial charge in [0.05, 0.1) is 7.11 Å². The molecule has 0 aliphatic rings. The minimum atomic E-state index is -0.510. The molecule has 2 aromatic carbocycles. The number of methoxy groups -OCH3 is 1. The van der Waals surface area contributed by atoms with Crippen LogP contribution < -0.4 is 0 Å². The van der Waals surface area contributed by atoms with Crippen LogP contribution in [-0.4, -0.2) is 18.1 Å². The number of carbonyl (C=O) groups excluding carboxylic acids is 1. The smallest absolute Gasteiger partial charge is 0.481 e. The van der Waals surface area contributed by atoms with E-state index in [1.165, 1.54) is 18.4 Å². The molecule has 23 heavy (non-hydrogen) atoms. The van der Waals surface area contributed by atoms with Crippen molar-refractivity contribution in [2.45, 2.75) is 0 Å². The standard InChI is InChI=1S/C11H10N2O2S.C6H5.W/c1-15-11(14)8-9(12)13-10(16-8)7-5-3-2-4-6-7;1-2-4-6-5-3-1;/h2-6H,1H3,(H2,12,14);1-5H;/q;-1;+2/p-1. The molecule has 0 amide bonds. The third-order valence-corrected chi connectivity index (χ3v) is 3.71. The van der Waals surface area contributed by atoms with E-state index in [0.29, 0.717) is 5.01 Å². The van der Waals surface area contributed by atoms with Crippen molar-refractivity contribution in [3.63, 3.8) is 0 Å². The van der Waals surface area contributed by atoms with Gasteiger partial charge in [0.2, 0.25) is 0 Å². The Balaban J connectivity index is 0.000000320. The second kappa shape index (κ2) is 9.93. The van der Waals surface area contributed by atoms with Gasteiger partial charge >= 0.3 is 27.0 Å². The molecule has 3 rings (SSSR count). The number of rotatable bonds is 2. The number of hydrogen-bond acceptors (Lipinski definition) is 4.